The van der Waals surface area contributed by atoms with E-state index in [1.807, 2.05) is 6.92 Å². The molecule has 0 aromatic heterocycles. The number of thiocarbonyl (C=S) groups is 1. The first-order chi connectivity index (χ1) is 12.8. The third-order valence-electron chi connectivity index (χ3n) is 2.84. The van der Waals surface area contributed by atoms with Gasteiger partial charge in [-0.1, -0.05) is 34.5 Å². The highest BCUT2D eigenvalue weighted by molar-refractivity contribution is 9.10. The Morgan fingerprint density at radius 1 is 1.19 bits per heavy atom. The largest absolute Gasteiger partial charge is 0.482 e. The van der Waals surface area contributed by atoms with Gasteiger partial charge in [0.15, 0.2) is 11.7 Å². The molecule has 1 rings (SSSR count). The van der Waals surface area contributed by atoms with Gasteiger partial charge in [0.1, 0.15) is 5.75 Å². The predicted molar refractivity (Wildman–Crippen MR) is 107 cm³/mol. The molecule has 1 aromatic carbocycles. The van der Waals surface area contributed by atoms with E-state index in [0.29, 0.717) is 23.8 Å². The molecule has 0 radical (unpaired) electrons. The fourth-order valence-electron chi connectivity index (χ4n) is 1.62. The second kappa shape index (κ2) is 12.5. The molecular weight excluding hydrogens is 462 g/mol. The van der Waals surface area contributed by atoms with Crippen LogP contribution in [-0.4, -0.2) is 36.1 Å². The summed E-state index contributed by atoms with van der Waals surface area (Å²) in [7, 11) is 0. The fourth-order valence-corrected chi connectivity index (χ4v) is 2.52. The highest BCUT2D eigenvalue weighted by Gasteiger charge is 2.10. The molecule has 0 atom stereocenters. The lowest BCUT2D eigenvalue weighted by molar-refractivity contribution is -0.144. The number of halogens is 2. The molecule has 148 valence electrons. The van der Waals surface area contributed by atoms with Crippen molar-refractivity contribution in [1.29, 1.82) is 0 Å². The van der Waals surface area contributed by atoms with Gasteiger partial charge in [-0.3, -0.25) is 25.2 Å². The molecule has 0 fully saturated rings. The van der Waals surface area contributed by atoms with Gasteiger partial charge in [0.2, 0.25) is 5.91 Å². The maximum Gasteiger partial charge on any atom is 0.306 e. The minimum atomic E-state index is -0.534. The summed E-state index contributed by atoms with van der Waals surface area (Å²) in [6, 6.07) is 4.97. The SMILES string of the molecule is CCCOC(=O)CCC(=O)NC(=S)NNC(=O)COc1ccc(Br)cc1Cl. The van der Waals surface area contributed by atoms with E-state index in [0.717, 1.165) is 4.47 Å². The highest BCUT2D eigenvalue weighted by Crippen LogP contribution is 2.27. The van der Waals surface area contributed by atoms with Crippen molar-refractivity contribution in [2.45, 2.75) is 26.2 Å². The lowest BCUT2D eigenvalue weighted by Crippen LogP contribution is -2.49. The second-order valence-electron chi connectivity index (χ2n) is 5.13. The van der Waals surface area contributed by atoms with Crippen LogP contribution in [0.5, 0.6) is 5.75 Å². The van der Waals surface area contributed by atoms with Gasteiger partial charge in [-0.2, -0.15) is 0 Å². The van der Waals surface area contributed by atoms with Gasteiger partial charge in [-0.15, -0.1) is 0 Å². The van der Waals surface area contributed by atoms with Crippen molar-refractivity contribution in [3.05, 3.63) is 27.7 Å². The summed E-state index contributed by atoms with van der Waals surface area (Å²) < 4.78 is 10.9. The fraction of sp³-hybridized carbons (Fsp3) is 0.375. The van der Waals surface area contributed by atoms with E-state index in [1.165, 1.54) is 0 Å². The summed E-state index contributed by atoms with van der Waals surface area (Å²) in [4.78, 5) is 34.7. The first-order valence-corrected chi connectivity index (χ1v) is 9.52. The molecule has 11 heteroatoms. The van der Waals surface area contributed by atoms with Crippen LogP contribution in [0.25, 0.3) is 0 Å². The van der Waals surface area contributed by atoms with Crippen LogP contribution in [-0.2, 0) is 19.1 Å². The number of carbonyl (C=O) groups excluding carboxylic acids is 3. The van der Waals surface area contributed by atoms with E-state index in [-0.39, 0.29) is 24.6 Å². The Labute approximate surface area is 175 Å². The molecule has 1 aromatic rings. The number of hydrazine groups is 1. The molecular formula is C16H19BrClN3O5S. The Balaban J connectivity index is 2.23. The molecule has 0 aliphatic heterocycles. The number of hydrogen-bond acceptors (Lipinski definition) is 6. The van der Waals surface area contributed by atoms with Crippen molar-refractivity contribution in [2.24, 2.45) is 0 Å². The van der Waals surface area contributed by atoms with Crippen LogP contribution in [0.4, 0.5) is 0 Å². The minimum absolute atomic E-state index is 0.0530. The Morgan fingerprint density at radius 3 is 2.59 bits per heavy atom. The van der Waals surface area contributed by atoms with Crippen LogP contribution in [0.15, 0.2) is 22.7 Å². The lowest BCUT2D eigenvalue weighted by atomic mass is 10.3. The van der Waals surface area contributed by atoms with Gasteiger partial charge in [-0.05, 0) is 36.8 Å². The zero-order valence-electron chi connectivity index (χ0n) is 14.5. The number of amides is 2. The number of ether oxygens (including phenoxy) is 2. The van der Waals surface area contributed by atoms with Gasteiger partial charge in [0.25, 0.3) is 5.91 Å². The van der Waals surface area contributed by atoms with Crippen LogP contribution in [0.1, 0.15) is 26.2 Å². The Bertz CT molecular complexity index is 705. The molecule has 0 saturated heterocycles. The quantitative estimate of drug-likeness (QED) is 0.298. The van der Waals surface area contributed by atoms with E-state index < -0.39 is 17.8 Å². The molecule has 27 heavy (non-hydrogen) atoms. The molecule has 0 spiro atoms. The van der Waals surface area contributed by atoms with E-state index in [9.17, 15) is 14.4 Å². The van der Waals surface area contributed by atoms with E-state index in [1.54, 1.807) is 18.2 Å². The summed E-state index contributed by atoms with van der Waals surface area (Å²) in [5, 5.41) is 2.57. The van der Waals surface area contributed by atoms with Crippen LogP contribution in [0, 0.1) is 0 Å². The summed E-state index contributed by atoms with van der Waals surface area (Å²) in [5.41, 5.74) is 4.63. The van der Waals surface area contributed by atoms with Crippen molar-refractivity contribution >= 4 is 62.6 Å². The van der Waals surface area contributed by atoms with Crippen LogP contribution in [0.3, 0.4) is 0 Å². The van der Waals surface area contributed by atoms with Gasteiger partial charge in [0.05, 0.1) is 18.1 Å². The van der Waals surface area contributed by atoms with Crippen molar-refractivity contribution in [3.63, 3.8) is 0 Å². The average molecular weight is 481 g/mol. The van der Waals surface area contributed by atoms with Crippen LogP contribution < -0.4 is 20.9 Å². The van der Waals surface area contributed by atoms with Gasteiger partial charge >= 0.3 is 5.97 Å². The second-order valence-corrected chi connectivity index (χ2v) is 6.87. The minimum Gasteiger partial charge on any atom is -0.482 e. The topological polar surface area (TPSA) is 106 Å². The molecule has 0 saturated carbocycles. The molecule has 3 N–H and O–H groups in total. The predicted octanol–water partition coefficient (Wildman–Crippen LogP) is 2.24. The van der Waals surface area contributed by atoms with Crippen molar-refractivity contribution in [2.75, 3.05) is 13.2 Å². The molecule has 0 bridgehead atoms. The Kier molecular flexibility index (Phi) is 10.7. The maximum absolute atomic E-state index is 11.7. The first-order valence-electron chi connectivity index (χ1n) is 7.94. The van der Waals surface area contributed by atoms with Crippen LogP contribution >= 0.6 is 39.7 Å². The average Bonchev–Trinajstić information content (AvgIpc) is 2.62. The van der Waals surface area contributed by atoms with E-state index >= 15 is 0 Å². The smallest absolute Gasteiger partial charge is 0.306 e. The first kappa shape index (κ1) is 23.1. The Morgan fingerprint density at radius 2 is 1.93 bits per heavy atom. The maximum atomic E-state index is 11.7. The monoisotopic (exact) mass is 479 g/mol. The van der Waals surface area contributed by atoms with Gasteiger partial charge in [0, 0.05) is 10.9 Å². The molecule has 0 heterocycles. The molecule has 0 aliphatic rings. The number of esters is 1. The number of rotatable bonds is 8. The molecule has 2 amide bonds. The third-order valence-corrected chi connectivity index (χ3v) is 3.84. The summed E-state index contributed by atoms with van der Waals surface area (Å²) >= 11 is 14.1. The van der Waals surface area contributed by atoms with Crippen molar-refractivity contribution in [1.82, 2.24) is 16.2 Å². The van der Waals surface area contributed by atoms with E-state index in [2.05, 4.69) is 32.1 Å². The number of carbonyl (C=O) groups is 3. The molecule has 8 nitrogen and oxygen atoms in total. The summed E-state index contributed by atoms with van der Waals surface area (Å²) in [5.74, 6) is -1.12. The summed E-state index contributed by atoms with van der Waals surface area (Å²) in [6.45, 7) is 1.88. The van der Waals surface area contributed by atoms with E-state index in [4.69, 9.17) is 33.3 Å². The number of benzene rings is 1. The Hall–Kier alpha value is -1.91. The summed E-state index contributed by atoms with van der Waals surface area (Å²) in [6.07, 6.45) is 0.579. The highest BCUT2D eigenvalue weighted by atomic mass is 79.9. The zero-order chi connectivity index (χ0) is 20.2. The standard InChI is InChI=1S/C16H19BrClN3O5S/c1-2-7-25-15(24)6-5-13(22)19-16(27)21-20-14(23)9-26-12-4-3-10(17)8-11(12)18/h3-4,8H,2,5-7,9H2,1H3,(H,20,23)(H2,19,21,22,27). The van der Waals surface area contributed by atoms with Crippen LogP contribution in [0.2, 0.25) is 5.02 Å². The molecule has 0 aliphatic carbocycles. The lowest BCUT2D eigenvalue weighted by Gasteiger charge is -2.12. The zero-order valence-corrected chi connectivity index (χ0v) is 17.6. The third kappa shape index (κ3) is 10.1. The number of hydrogen-bond donors (Lipinski definition) is 3. The number of nitrogens with one attached hydrogen (secondary N) is 3. The van der Waals surface area contributed by atoms with Crippen molar-refractivity contribution in [3.8, 4) is 5.75 Å². The molecule has 0 unspecified atom stereocenters. The van der Waals surface area contributed by atoms with Gasteiger partial charge < -0.3 is 14.8 Å². The van der Waals surface area contributed by atoms with Crippen molar-refractivity contribution < 1.29 is 23.9 Å². The van der Waals surface area contributed by atoms with Gasteiger partial charge in [-0.25, -0.2) is 0 Å². The normalized spacial score (nSPS) is 9.89.